The number of hydrogen-bond acceptors (Lipinski definition) is 3. The van der Waals surface area contributed by atoms with Gasteiger partial charge in [0.15, 0.2) is 0 Å². The molecule has 0 radical (unpaired) electrons. The molecule has 1 aliphatic heterocycles. The van der Waals surface area contributed by atoms with Gasteiger partial charge in [-0.15, -0.1) is 0 Å². The quantitative estimate of drug-likeness (QED) is 0.351. The van der Waals surface area contributed by atoms with Gasteiger partial charge in [-0.2, -0.15) is 0 Å². The van der Waals surface area contributed by atoms with Crippen LogP contribution in [0.4, 0.5) is 10.1 Å². The average molecular weight is 540 g/mol. The highest BCUT2D eigenvalue weighted by Gasteiger charge is 2.36. The minimum Gasteiger partial charge on any atom is -0.359 e. The molecule has 1 aliphatic carbocycles. The molecule has 1 amide bonds. The molecule has 2 aromatic carbocycles. The molecule has 4 nitrogen and oxygen atoms in total. The van der Waals surface area contributed by atoms with E-state index < -0.39 is 0 Å². The number of carbonyl (C=O) groups excluding carboxylic acids is 1. The fraction of sp³-hybridized carbons (Fsp3) is 0.559. The number of fused-ring (bicyclic) bond motifs is 1. The zero-order valence-corrected chi connectivity index (χ0v) is 25.5. The Morgan fingerprint density at radius 1 is 1.00 bits per heavy atom. The van der Waals surface area contributed by atoms with Gasteiger partial charge in [-0.1, -0.05) is 66.5 Å². The summed E-state index contributed by atoms with van der Waals surface area (Å²) in [4.78, 5) is 15.9. The van der Waals surface area contributed by atoms with Gasteiger partial charge >= 0.3 is 0 Å². The molecule has 2 aliphatic rings. The van der Waals surface area contributed by atoms with Crippen LogP contribution in [0.1, 0.15) is 113 Å². The molecule has 39 heavy (non-hydrogen) atoms. The summed E-state index contributed by atoms with van der Waals surface area (Å²) < 4.78 is 13.4. The first kappa shape index (κ1) is 34.4. The van der Waals surface area contributed by atoms with Crippen LogP contribution in [0, 0.1) is 18.7 Å². The van der Waals surface area contributed by atoms with Crippen molar-refractivity contribution in [2.45, 2.75) is 112 Å². The van der Waals surface area contributed by atoms with Crippen LogP contribution >= 0.6 is 0 Å². The van der Waals surface area contributed by atoms with Crippen molar-refractivity contribution in [2.24, 2.45) is 5.92 Å². The van der Waals surface area contributed by atoms with Crippen molar-refractivity contribution in [1.82, 2.24) is 11.1 Å². The van der Waals surface area contributed by atoms with Gasteiger partial charge in [0.2, 0.25) is 0 Å². The third-order valence-electron chi connectivity index (χ3n) is 7.67. The van der Waals surface area contributed by atoms with Crippen molar-refractivity contribution >= 4 is 11.6 Å². The van der Waals surface area contributed by atoms with Gasteiger partial charge in [0.1, 0.15) is 5.82 Å². The number of unbranched alkanes of at least 4 members (excludes halogenated alkanes) is 1. The van der Waals surface area contributed by atoms with E-state index >= 15 is 0 Å². The summed E-state index contributed by atoms with van der Waals surface area (Å²) in [6.45, 7) is 17.2. The Hall–Kier alpha value is -2.66. The van der Waals surface area contributed by atoms with E-state index in [0.29, 0.717) is 18.4 Å². The minimum atomic E-state index is -0.214. The van der Waals surface area contributed by atoms with Crippen molar-refractivity contribution in [3.63, 3.8) is 0 Å². The summed E-state index contributed by atoms with van der Waals surface area (Å²) in [7, 11) is 0. The number of halogens is 1. The number of anilines is 1. The lowest BCUT2D eigenvalue weighted by atomic mass is 9.78. The molecular weight excluding hydrogens is 485 g/mol. The first-order valence-electron chi connectivity index (χ1n) is 15.1. The highest BCUT2D eigenvalue weighted by molar-refractivity contribution is 5.96. The Labute approximate surface area is 238 Å². The van der Waals surface area contributed by atoms with Gasteiger partial charge in [0.25, 0.3) is 5.91 Å². The molecule has 4 rings (SSSR count). The molecule has 0 aromatic heterocycles. The lowest BCUT2D eigenvalue weighted by Crippen LogP contribution is -2.49. The van der Waals surface area contributed by atoms with Crippen LogP contribution < -0.4 is 11.5 Å². The maximum atomic E-state index is 13.7. The molecule has 5 heteroatoms. The summed E-state index contributed by atoms with van der Waals surface area (Å²) in [5.74, 6) is 0.689. The first-order chi connectivity index (χ1) is 18.5. The number of benzene rings is 2. The fourth-order valence-electron chi connectivity index (χ4n) is 5.82. The summed E-state index contributed by atoms with van der Waals surface area (Å²) in [5.41, 5.74) is 5.79. The molecule has 218 valence electrons. The number of nitrogens with zero attached hydrogens (tertiary/aromatic N) is 1. The Kier molecular flexibility index (Phi) is 15.7. The van der Waals surface area contributed by atoms with Gasteiger partial charge in [-0.3, -0.25) is 4.79 Å². The summed E-state index contributed by atoms with van der Waals surface area (Å²) >= 11 is 0. The smallest absolute Gasteiger partial charge is 0.254 e. The van der Waals surface area contributed by atoms with E-state index in [1.54, 1.807) is 6.07 Å². The number of rotatable bonds is 8. The molecule has 4 N–H and O–H groups in total. The van der Waals surface area contributed by atoms with Crippen LogP contribution in [-0.4, -0.2) is 23.4 Å². The zero-order valence-electron chi connectivity index (χ0n) is 25.5. The molecule has 1 heterocycles. The van der Waals surface area contributed by atoms with Crippen molar-refractivity contribution in [3.8, 4) is 0 Å². The number of piperidine rings is 1. The third-order valence-corrected chi connectivity index (χ3v) is 7.67. The van der Waals surface area contributed by atoms with Crippen LogP contribution in [0.15, 0.2) is 48.7 Å². The lowest BCUT2D eigenvalue weighted by Gasteiger charge is -2.44. The fourth-order valence-corrected chi connectivity index (χ4v) is 5.82. The standard InChI is InChI=1S/C30H39FN2O.2C2H6.H3N/c1-4-5-9-25-20-27(32-22(3)19-24-13-14-26(31)18-21(24)2)15-16-28(25)30(34)33-17-8-11-23-10-6-7-12-29(23)33;2*1-2;/h13-16,18,20,23,29,32H,3-12,17,19H2,1-2H3;2*1-2H3;1H3. The molecule has 0 spiro atoms. The Morgan fingerprint density at radius 2 is 1.69 bits per heavy atom. The molecule has 2 aromatic rings. The normalized spacial score (nSPS) is 17.8. The van der Waals surface area contributed by atoms with Crippen LogP contribution in [0.3, 0.4) is 0 Å². The van der Waals surface area contributed by atoms with E-state index in [1.165, 1.54) is 31.7 Å². The van der Waals surface area contributed by atoms with Crippen LogP contribution in [0.5, 0.6) is 0 Å². The van der Waals surface area contributed by atoms with E-state index in [1.807, 2.05) is 52.8 Å². The third kappa shape index (κ3) is 9.49. The van der Waals surface area contributed by atoms with Crippen molar-refractivity contribution < 1.29 is 9.18 Å². The van der Waals surface area contributed by atoms with Crippen molar-refractivity contribution in [2.75, 3.05) is 11.9 Å². The number of aryl methyl sites for hydroxylation is 2. The Morgan fingerprint density at radius 3 is 2.38 bits per heavy atom. The molecule has 1 saturated carbocycles. The van der Waals surface area contributed by atoms with Crippen molar-refractivity contribution in [3.05, 3.63) is 76.7 Å². The topological polar surface area (TPSA) is 67.3 Å². The monoisotopic (exact) mass is 539 g/mol. The zero-order chi connectivity index (χ0) is 28.1. The molecule has 2 unspecified atom stereocenters. The number of amides is 1. The summed E-state index contributed by atoms with van der Waals surface area (Å²) in [5, 5.41) is 3.43. The largest absolute Gasteiger partial charge is 0.359 e. The molecule has 0 bridgehead atoms. The van der Waals surface area contributed by atoms with E-state index in [2.05, 4.69) is 29.8 Å². The summed E-state index contributed by atoms with van der Waals surface area (Å²) in [6, 6.07) is 11.5. The second-order valence-corrected chi connectivity index (χ2v) is 10.2. The van der Waals surface area contributed by atoms with Gasteiger partial charge in [-0.25, -0.2) is 4.39 Å². The first-order valence-corrected chi connectivity index (χ1v) is 15.1. The van der Waals surface area contributed by atoms with Crippen molar-refractivity contribution in [1.29, 1.82) is 0 Å². The van der Waals surface area contributed by atoms with E-state index in [4.69, 9.17) is 0 Å². The number of carbonyl (C=O) groups is 1. The average Bonchev–Trinajstić information content (AvgIpc) is 2.95. The Balaban J connectivity index is 0.00000145. The molecule has 2 atom stereocenters. The second-order valence-electron chi connectivity index (χ2n) is 10.2. The van der Waals surface area contributed by atoms with E-state index in [9.17, 15) is 9.18 Å². The maximum absolute atomic E-state index is 13.7. The predicted octanol–water partition coefficient (Wildman–Crippen LogP) is 9.65. The lowest BCUT2D eigenvalue weighted by molar-refractivity contribution is 0.0389. The number of allylic oxidation sites excluding steroid dienone is 1. The molecule has 2 fully saturated rings. The Bertz CT molecular complexity index is 1030. The van der Waals surface area contributed by atoms with Gasteiger partial charge in [0.05, 0.1) is 0 Å². The van der Waals surface area contributed by atoms with Crippen LogP contribution in [-0.2, 0) is 12.8 Å². The number of nitrogens with one attached hydrogen (secondary N) is 1. The number of likely N-dealkylation sites (tertiary alicyclic amines) is 1. The van der Waals surface area contributed by atoms with Crippen LogP contribution in [0.25, 0.3) is 0 Å². The van der Waals surface area contributed by atoms with Gasteiger partial charge < -0.3 is 16.4 Å². The van der Waals surface area contributed by atoms with Crippen LogP contribution in [0.2, 0.25) is 0 Å². The highest BCUT2D eigenvalue weighted by atomic mass is 19.1. The summed E-state index contributed by atoms with van der Waals surface area (Å²) in [6.07, 6.45) is 11.1. The minimum absolute atomic E-state index is 0. The SMILES string of the molecule is C=C(Cc1ccc(F)cc1C)Nc1ccc(C(=O)N2CCCC3CCCCC32)c(CCCC)c1.CC.CC.N. The van der Waals surface area contributed by atoms with Gasteiger partial charge in [-0.05, 0) is 98.4 Å². The maximum Gasteiger partial charge on any atom is 0.254 e. The highest BCUT2D eigenvalue weighted by Crippen LogP contribution is 2.36. The predicted molar refractivity (Wildman–Crippen MR) is 166 cm³/mol. The number of hydrogen-bond donors (Lipinski definition) is 2. The second kappa shape index (κ2) is 17.8. The van der Waals surface area contributed by atoms with E-state index in [-0.39, 0.29) is 17.9 Å². The van der Waals surface area contributed by atoms with Gasteiger partial charge in [0, 0.05) is 36.0 Å². The van der Waals surface area contributed by atoms with E-state index in [0.717, 1.165) is 72.3 Å². The molecule has 1 saturated heterocycles. The molecular formula is C34H54FN3O.